The fraction of sp³-hybridized carbons (Fsp3) is 0.333. The van der Waals surface area contributed by atoms with Crippen molar-refractivity contribution in [1.82, 2.24) is 0 Å². The zero-order valence-electron chi connectivity index (χ0n) is 9.50. The zero-order chi connectivity index (χ0) is 11.9. The molecule has 0 saturated carbocycles. The molecular weight excluding hydrogens is 270 g/mol. The predicted molar refractivity (Wildman–Crippen MR) is 67.8 cm³/mol. The maximum Gasteiger partial charge on any atom is 0.149 e. The minimum Gasteiger partial charge on any atom is -0.497 e. The summed E-state index contributed by atoms with van der Waals surface area (Å²) in [6.45, 7) is 3.92. The molecule has 0 amide bonds. The first-order chi connectivity index (χ1) is 7.54. The lowest BCUT2D eigenvalue weighted by Gasteiger charge is -2.01. The van der Waals surface area contributed by atoms with Gasteiger partial charge in [0.2, 0.25) is 0 Å². The minimum atomic E-state index is -0.106. The van der Waals surface area contributed by atoms with E-state index in [-0.39, 0.29) is 6.04 Å². The molecule has 1 heterocycles. The first kappa shape index (κ1) is 11.5. The van der Waals surface area contributed by atoms with E-state index in [1.165, 1.54) is 0 Å². The third kappa shape index (κ3) is 1.72. The van der Waals surface area contributed by atoms with Gasteiger partial charge in [0.15, 0.2) is 0 Å². The highest BCUT2D eigenvalue weighted by molar-refractivity contribution is 9.10. The van der Waals surface area contributed by atoms with Gasteiger partial charge in [0.05, 0.1) is 17.6 Å². The highest BCUT2D eigenvalue weighted by atomic mass is 79.9. The van der Waals surface area contributed by atoms with E-state index in [2.05, 4.69) is 15.9 Å². The first-order valence-electron chi connectivity index (χ1n) is 5.06. The maximum absolute atomic E-state index is 5.86. The number of nitrogens with two attached hydrogens (primary N) is 1. The summed E-state index contributed by atoms with van der Waals surface area (Å²) < 4.78 is 11.9. The summed E-state index contributed by atoms with van der Waals surface area (Å²) >= 11 is 3.47. The maximum atomic E-state index is 5.86. The molecule has 0 spiro atoms. The molecule has 0 aliphatic carbocycles. The fourth-order valence-corrected chi connectivity index (χ4v) is 2.34. The van der Waals surface area contributed by atoms with Crippen LogP contribution in [-0.2, 0) is 0 Å². The highest BCUT2D eigenvalue weighted by Gasteiger charge is 2.16. The van der Waals surface area contributed by atoms with Crippen molar-refractivity contribution in [1.29, 1.82) is 0 Å². The van der Waals surface area contributed by atoms with Gasteiger partial charge in [-0.15, -0.1) is 0 Å². The van der Waals surface area contributed by atoms with E-state index in [0.717, 1.165) is 32.5 Å². The van der Waals surface area contributed by atoms with Crippen molar-refractivity contribution in [3.63, 3.8) is 0 Å². The molecule has 1 aromatic carbocycles. The largest absolute Gasteiger partial charge is 0.497 e. The number of hydrogen-bond donors (Lipinski definition) is 1. The number of fused-ring (bicyclic) bond motifs is 1. The predicted octanol–water partition coefficient (Wildman–Crippen LogP) is 3.53. The van der Waals surface area contributed by atoms with E-state index < -0.39 is 0 Å². The van der Waals surface area contributed by atoms with E-state index >= 15 is 0 Å². The van der Waals surface area contributed by atoms with Gasteiger partial charge in [0.1, 0.15) is 17.1 Å². The Balaban J connectivity index is 2.76. The second-order valence-electron chi connectivity index (χ2n) is 3.87. The molecule has 0 aliphatic rings. The third-order valence-electron chi connectivity index (χ3n) is 2.65. The Hall–Kier alpha value is -1.00. The summed E-state index contributed by atoms with van der Waals surface area (Å²) in [7, 11) is 1.65. The van der Waals surface area contributed by atoms with Gasteiger partial charge in [-0.2, -0.15) is 0 Å². The molecule has 0 saturated heterocycles. The van der Waals surface area contributed by atoms with Gasteiger partial charge in [-0.25, -0.2) is 0 Å². The molecule has 2 aromatic rings. The van der Waals surface area contributed by atoms with Gasteiger partial charge in [-0.1, -0.05) is 0 Å². The molecule has 2 rings (SSSR count). The van der Waals surface area contributed by atoms with Crippen LogP contribution in [0, 0.1) is 6.92 Å². The number of hydrogen-bond acceptors (Lipinski definition) is 3. The van der Waals surface area contributed by atoms with Crippen LogP contribution in [0.25, 0.3) is 11.0 Å². The summed E-state index contributed by atoms with van der Waals surface area (Å²) in [5, 5.41) is 1.04. The van der Waals surface area contributed by atoms with Crippen molar-refractivity contribution in [3.8, 4) is 5.75 Å². The van der Waals surface area contributed by atoms with Crippen LogP contribution in [0.4, 0.5) is 0 Å². The Morgan fingerprint density at radius 1 is 1.44 bits per heavy atom. The SMILES string of the molecule is COc1cc(Br)c2oc(C(C)N)c(C)c2c1. The zero-order valence-corrected chi connectivity index (χ0v) is 11.1. The molecule has 1 unspecified atom stereocenters. The molecule has 3 nitrogen and oxygen atoms in total. The van der Waals surface area contributed by atoms with Gasteiger partial charge in [0, 0.05) is 10.9 Å². The van der Waals surface area contributed by atoms with Crippen molar-refractivity contribution >= 4 is 26.9 Å². The monoisotopic (exact) mass is 283 g/mol. The van der Waals surface area contributed by atoms with Gasteiger partial charge >= 0.3 is 0 Å². The van der Waals surface area contributed by atoms with Crippen LogP contribution < -0.4 is 10.5 Å². The van der Waals surface area contributed by atoms with Crippen molar-refractivity contribution in [2.75, 3.05) is 7.11 Å². The highest BCUT2D eigenvalue weighted by Crippen LogP contribution is 2.36. The Labute approximate surface area is 103 Å². The molecule has 1 aromatic heterocycles. The van der Waals surface area contributed by atoms with E-state index in [9.17, 15) is 0 Å². The molecule has 86 valence electrons. The molecule has 16 heavy (non-hydrogen) atoms. The Morgan fingerprint density at radius 2 is 2.12 bits per heavy atom. The van der Waals surface area contributed by atoms with Crippen LogP contribution in [-0.4, -0.2) is 7.11 Å². The lowest BCUT2D eigenvalue weighted by Crippen LogP contribution is -2.04. The lowest BCUT2D eigenvalue weighted by molar-refractivity contribution is 0.415. The Kier molecular flexibility index (Phi) is 2.95. The smallest absolute Gasteiger partial charge is 0.149 e. The number of furan rings is 1. The van der Waals surface area contributed by atoms with Gasteiger partial charge in [-0.3, -0.25) is 0 Å². The second kappa shape index (κ2) is 4.11. The van der Waals surface area contributed by atoms with Crippen molar-refractivity contribution in [3.05, 3.63) is 27.9 Å². The second-order valence-corrected chi connectivity index (χ2v) is 4.72. The molecule has 0 bridgehead atoms. The molecule has 1 atom stereocenters. The Morgan fingerprint density at radius 3 is 2.69 bits per heavy atom. The van der Waals surface area contributed by atoms with Crippen LogP contribution in [0.5, 0.6) is 5.75 Å². The van der Waals surface area contributed by atoms with Gasteiger partial charge < -0.3 is 14.9 Å². The fourth-order valence-electron chi connectivity index (χ4n) is 1.82. The summed E-state index contributed by atoms with van der Waals surface area (Å²) in [4.78, 5) is 0. The van der Waals surface area contributed by atoms with E-state index in [4.69, 9.17) is 14.9 Å². The van der Waals surface area contributed by atoms with E-state index in [1.807, 2.05) is 26.0 Å². The lowest BCUT2D eigenvalue weighted by atomic mass is 10.1. The first-order valence-corrected chi connectivity index (χ1v) is 5.86. The molecule has 0 aliphatic heterocycles. The topological polar surface area (TPSA) is 48.4 Å². The Bertz CT molecular complexity index is 531. The molecule has 4 heteroatoms. The van der Waals surface area contributed by atoms with Crippen LogP contribution in [0.15, 0.2) is 21.0 Å². The molecule has 0 radical (unpaired) electrons. The number of rotatable bonds is 2. The molecule has 2 N–H and O–H groups in total. The number of halogens is 1. The quantitative estimate of drug-likeness (QED) is 0.917. The third-order valence-corrected chi connectivity index (χ3v) is 3.24. The van der Waals surface area contributed by atoms with Gasteiger partial charge in [-0.05, 0) is 41.9 Å². The number of methoxy groups -OCH3 is 1. The number of ether oxygens (including phenoxy) is 1. The minimum absolute atomic E-state index is 0.106. The molecular formula is C12H14BrNO2. The average molecular weight is 284 g/mol. The van der Waals surface area contributed by atoms with Crippen molar-refractivity contribution in [2.24, 2.45) is 5.73 Å². The van der Waals surface area contributed by atoms with E-state index in [0.29, 0.717) is 0 Å². The normalized spacial score (nSPS) is 13.1. The van der Waals surface area contributed by atoms with Crippen molar-refractivity contribution < 1.29 is 9.15 Å². The number of aryl methyl sites for hydroxylation is 1. The van der Waals surface area contributed by atoms with Crippen LogP contribution in [0.3, 0.4) is 0 Å². The molecule has 0 fully saturated rings. The average Bonchev–Trinajstić information content (AvgIpc) is 2.57. The summed E-state index contributed by atoms with van der Waals surface area (Å²) in [5.74, 6) is 1.63. The van der Waals surface area contributed by atoms with Crippen LogP contribution in [0.2, 0.25) is 0 Å². The summed E-state index contributed by atoms with van der Waals surface area (Å²) in [6.07, 6.45) is 0. The summed E-state index contributed by atoms with van der Waals surface area (Å²) in [5.41, 5.74) is 7.76. The van der Waals surface area contributed by atoms with Crippen molar-refractivity contribution in [2.45, 2.75) is 19.9 Å². The van der Waals surface area contributed by atoms with E-state index in [1.54, 1.807) is 7.11 Å². The summed E-state index contributed by atoms with van der Waals surface area (Å²) in [6, 6.07) is 3.74. The standard InChI is InChI=1S/C12H14BrNO2/c1-6-9-4-8(15-3)5-10(13)12(9)16-11(6)7(2)14/h4-5,7H,14H2,1-3H3. The number of benzene rings is 1. The van der Waals surface area contributed by atoms with Gasteiger partial charge in [0.25, 0.3) is 0 Å². The van der Waals surface area contributed by atoms with Crippen LogP contribution in [0.1, 0.15) is 24.3 Å². The van der Waals surface area contributed by atoms with Crippen LogP contribution >= 0.6 is 15.9 Å².